The van der Waals surface area contributed by atoms with Crippen LogP contribution >= 0.6 is 0 Å². The molecule has 0 aliphatic carbocycles. The smallest absolute Gasteiger partial charge is 0.153 e. The van der Waals surface area contributed by atoms with E-state index >= 15 is 0 Å². The van der Waals surface area contributed by atoms with E-state index in [-0.39, 0.29) is 11.1 Å². The van der Waals surface area contributed by atoms with Crippen LogP contribution in [0.3, 0.4) is 0 Å². The molecule has 0 amide bonds. The Bertz CT molecular complexity index is 1220. The van der Waals surface area contributed by atoms with E-state index in [2.05, 4.69) is 20.0 Å². The maximum absolute atomic E-state index is 11.6. The van der Waals surface area contributed by atoms with E-state index in [1.807, 2.05) is 48.6 Å². The third-order valence-corrected chi connectivity index (χ3v) is 4.53. The minimum Gasteiger partial charge on any atom is -0.298 e. The van der Waals surface area contributed by atoms with Crippen molar-refractivity contribution < 1.29 is 9.59 Å². The number of aldehydes is 2. The number of carbonyl (C=O) groups is 2. The van der Waals surface area contributed by atoms with Gasteiger partial charge in [-0.3, -0.25) is 9.59 Å². The van der Waals surface area contributed by atoms with Gasteiger partial charge in [-0.25, -0.2) is 20.0 Å². The summed E-state index contributed by atoms with van der Waals surface area (Å²) in [5.41, 5.74) is 5.71. The van der Waals surface area contributed by atoms with Crippen LogP contribution in [-0.4, -0.2) is 35.4 Å². The quantitative estimate of drug-likeness (QED) is 0.706. The molecule has 0 spiro atoms. The molecule has 0 N–H and O–H groups in total. The van der Waals surface area contributed by atoms with Gasteiger partial charge in [0.1, 0.15) is 0 Å². The minimum absolute atomic E-state index is 0.249. The number of allylic oxidation sites excluding steroid dienone is 12. The zero-order chi connectivity index (χ0) is 19.1. The zero-order valence-electron chi connectivity index (χ0n) is 14.5. The van der Waals surface area contributed by atoms with Gasteiger partial charge in [0.05, 0.1) is 56.8 Å². The number of rotatable bonds is 2. The van der Waals surface area contributed by atoms with Crippen molar-refractivity contribution in [1.29, 1.82) is 0 Å². The molecule has 6 heteroatoms. The zero-order valence-corrected chi connectivity index (χ0v) is 14.5. The predicted molar refractivity (Wildman–Crippen MR) is 109 cm³/mol. The Morgan fingerprint density at radius 3 is 1.57 bits per heavy atom. The molecule has 5 heterocycles. The molecule has 5 aliphatic rings. The van der Waals surface area contributed by atoms with Crippen LogP contribution in [-0.2, 0) is 9.59 Å². The van der Waals surface area contributed by atoms with E-state index in [0.29, 0.717) is 35.4 Å². The van der Waals surface area contributed by atoms with E-state index in [9.17, 15) is 9.59 Å². The third kappa shape index (κ3) is 2.77. The molecule has 6 nitrogen and oxygen atoms in total. The lowest BCUT2D eigenvalue weighted by Crippen LogP contribution is -2.00. The second-order valence-corrected chi connectivity index (χ2v) is 6.41. The third-order valence-electron chi connectivity index (χ3n) is 4.53. The summed E-state index contributed by atoms with van der Waals surface area (Å²) in [6.45, 7) is 0. The molecule has 0 aromatic carbocycles. The Hall–Kier alpha value is -4.06. The molecule has 0 atom stereocenters. The van der Waals surface area contributed by atoms with Gasteiger partial charge >= 0.3 is 0 Å². The van der Waals surface area contributed by atoms with Crippen LogP contribution in [0.5, 0.6) is 0 Å². The van der Waals surface area contributed by atoms with Crippen molar-refractivity contribution in [3.05, 3.63) is 94.7 Å². The summed E-state index contributed by atoms with van der Waals surface area (Å²) in [5.74, 6) is 0. The fourth-order valence-corrected chi connectivity index (χ4v) is 3.24. The second-order valence-electron chi connectivity index (χ2n) is 6.41. The maximum atomic E-state index is 11.6. The molecule has 0 saturated carbocycles. The Morgan fingerprint density at radius 2 is 1.04 bits per heavy atom. The minimum atomic E-state index is 0.249. The Labute approximate surface area is 160 Å². The standard InChI is InChI=1S/C22H12N4O2/c27-11-19-20(12-28)22-10-18-6-4-16(25-18)8-14-2-1-13(23-14)7-15-3-5-17(24-15)9-21(19)26-22/h1-12H. The Kier molecular flexibility index (Phi) is 3.62. The van der Waals surface area contributed by atoms with Gasteiger partial charge in [-0.2, -0.15) is 0 Å². The molecule has 0 fully saturated rings. The molecule has 5 aliphatic heterocycles. The van der Waals surface area contributed by atoms with Crippen molar-refractivity contribution in [1.82, 2.24) is 0 Å². The lowest BCUT2D eigenvalue weighted by atomic mass is 10.1. The van der Waals surface area contributed by atoms with Gasteiger partial charge < -0.3 is 0 Å². The lowest BCUT2D eigenvalue weighted by molar-refractivity contribution is -0.106. The number of fused-ring (bicyclic) bond motifs is 4. The first-order valence-electron chi connectivity index (χ1n) is 8.63. The van der Waals surface area contributed by atoms with Crippen LogP contribution in [0.4, 0.5) is 0 Å². The van der Waals surface area contributed by atoms with Crippen molar-refractivity contribution in [2.24, 2.45) is 20.0 Å². The molecular weight excluding hydrogens is 352 g/mol. The van der Waals surface area contributed by atoms with Gasteiger partial charge in [-0.05, 0) is 60.8 Å². The molecule has 0 saturated heterocycles. The molecule has 28 heavy (non-hydrogen) atoms. The average molecular weight is 364 g/mol. The van der Waals surface area contributed by atoms with Crippen LogP contribution in [0, 0.1) is 0 Å². The van der Waals surface area contributed by atoms with Gasteiger partial charge in [0.15, 0.2) is 12.6 Å². The number of aliphatic imine (C=N–C) groups is 4. The summed E-state index contributed by atoms with van der Waals surface area (Å²) >= 11 is 0. The van der Waals surface area contributed by atoms with Gasteiger partial charge in [0, 0.05) is 0 Å². The first-order valence-corrected chi connectivity index (χ1v) is 8.63. The average Bonchev–Trinajstić information content (AvgIpc) is 3.45. The van der Waals surface area contributed by atoms with E-state index in [4.69, 9.17) is 0 Å². The highest BCUT2D eigenvalue weighted by Gasteiger charge is 2.23. The first kappa shape index (κ1) is 16.1. The Morgan fingerprint density at radius 1 is 0.536 bits per heavy atom. The van der Waals surface area contributed by atoms with Crippen molar-refractivity contribution in [2.75, 3.05) is 0 Å². The molecule has 132 valence electrons. The van der Waals surface area contributed by atoms with Crippen LogP contribution in [0.1, 0.15) is 0 Å². The summed E-state index contributed by atoms with van der Waals surface area (Å²) in [4.78, 5) is 41.3. The summed E-state index contributed by atoms with van der Waals surface area (Å²) in [6, 6.07) is 0. The molecule has 0 aromatic rings. The van der Waals surface area contributed by atoms with E-state index in [1.54, 1.807) is 12.2 Å². The topological polar surface area (TPSA) is 83.6 Å². The molecular formula is C22H12N4O2. The normalized spacial score (nSPS) is 21.6. The molecule has 8 bridgehead atoms. The number of hydrogen-bond donors (Lipinski definition) is 0. The van der Waals surface area contributed by atoms with Crippen molar-refractivity contribution in [3.63, 3.8) is 0 Å². The van der Waals surface area contributed by atoms with Crippen molar-refractivity contribution in [2.45, 2.75) is 0 Å². The van der Waals surface area contributed by atoms with E-state index < -0.39 is 0 Å². The molecule has 5 rings (SSSR count). The summed E-state index contributed by atoms with van der Waals surface area (Å²) in [6.07, 6.45) is 19.7. The highest BCUT2D eigenvalue weighted by atomic mass is 16.1. The number of hydrogen-bond acceptors (Lipinski definition) is 6. The van der Waals surface area contributed by atoms with Gasteiger partial charge in [0.25, 0.3) is 0 Å². The highest BCUT2D eigenvalue weighted by molar-refractivity contribution is 6.27. The fraction of sp³-hybridized carbons (Fsp3) is 0. The summed E-state index contributed by atoms with van der Waals surface area (Å²) in [5, 5.41) is 0. The van der Waals surface area contributed by atoms with Crippen LogP contribution in [0.2, 0.25) is 0 Å². The summed E-state index contributed by atoms with van der Waals surface area (Å²) in [7, 11) is 0. The fourth-order valence-electron chi connectivity index (χ4n) is 3.24. The van der Waals surface area contributed by atoms with Crippen LogP contribution in [0.25, 0.3) is 0 Å². The monoisotopic (exact) mass is 364 g/mol. The van der Waals surface area contributed by atoms with Crippen molar-refractivity contribution in [3.8, 4) is 0 Å². The van der Waals surface area contributed by atoms with Gasteiger partial charge in [-0.1, -0.05) is 0 Å². The van der Waals surface area contributed by atoms with E-state index in [1.165, 1.54) is 0 Å². The maximum Gasteiger partial charge on any atom is 0.153 e. The van der Waals surface area contributed by atoms with Crippen LogP contribution < -0.4 is 0 Å². The lowest BCUT2D eigenvalue weighted by Gasteiger charge is -1.95. The molecule has 0 aromatic heterocycles. The second kappa shape index (κ2) is 6.28. The first-order chi connectivity index (χ1) is 13.7. The largest absolute Gasteiger partial charge is 0.298 e. The molecule has 0 radical (unpaired) electrons. The highest BCUT2D eigenvalue weighted by Crippen LogP contribution is 2.26. The molecule has 0 unspecified atom stereocenters. The number of carbonyl (C=O) groups excluding carboxylic acids is 2. The Balaban J connectivity index is 1.71. The van der Waals surface area contributed by atoms with Crippen molar-refractivity contribution >= 4 is 35.4 Å². The van der Waals surface area contributed by atoms with Crippen LogP contribution in [0.15, 0.2) is 115 Å². The number of nitrogens with zero attached hydrogens (tertiary/aromatic N) is 4. The van der Waals surface area contributed by atoms with Gasteiger partial charge in [-0.15, -0.1) is 0 Å². The SMILES string of the molecule is O=CC1=C(C=O)C2=NC1=CC1=NC(=CC3=NC(=CC4=NC(=C2)C=C4)C=C3)C=C1. The van der Waals surface area contributed by atoms with Gasteiger partial charge in [0.2, 0.25) is 0 Å². The van der Waals surface area contributed by atoms with E-state index in [0.717, 1.165) is 22.8 Å². The summed E-state index contributed by atoms with van der Waals surface area (Å²) < 4.78 is 0. The predicted octanol–water partition coefficient (Wildman–Crippen LogP) is 2.72.